The zero-order valence-corrected chi connectivity index (χ0v) is 10.6. The van der Waals surface area contributed by atoms with Gasteiger partial charge in [-0.3, -0.25) is 4.79 Å². The lowest BCUT2D eigenvalue weighted by Crippen LogP contribution is -2.48. The number of amides is 1. The highest BCUT2D eigenvalue weighted by Crippen LogP contribution is 2.25. The first-order chi connectivity index (χ1) is 8.06. The van der Waals surface area contributed by atoms with Gasteiger partial charge in [0.15, 0.2) is 6.04 Å². The normalized spacial score (nSPS) is 17.8. The average Bonchev–Trinajstić information content (AvgIpc) is 2.80. The van der Waals surface area contributed by atoms with Crippen molar-refractivity contribution in [2.24, 2.45) is 11.7 Å². The molecule has 5 nitrogen and oxygen atoms in total. The zero-order chi connectivity index (χ0) is 12.8. The van der Waals surface area contributed by atoms with Crippen molar-refractivity contribution in [3.8, 4) is 0 Å². The van der Waals surface area contributed by atoms with Crippen LogP contribution in [0.2, 0.25) is 0 Å². The molecule has 17 heavy (non-hydrogen) atoms. The Labute approximate surface area is 102 Å². The van der Waals surface area contributed by atoms with Gasteiger partial charge in [0.05, 0.1) is 6.61 Å². The number of nitrogens with two attached hydrogens (primary N) is 1. The molecule has 2 N–H and O–H groups in total. The molecule has 1 amide bonds. The lowest BCUT2D eigenvalue weighted by atomic mass is 10.1. The second kappa shape index (κ2) is 6.59. The van der Waals surface area contributed by atoms with Crippen LogP contribution >= 0.6 is 0 Å². The number of likely N-dealkylation sites (N-methyl/N-ethyl adjacent to an activating group) is 1. The third-order valence-electron chi connectivity index (χ3n) is 3.19. The maximum absolute atomic E-state index is 11.8. The van der Waals surface area contributed by atoms with E-state index in [4.69, 9.17) is 10.5 Å². The molecule has 0 saturated heterocycles. The number of esters is 1. The number of carbonyl (C=O) groups is 2. The molecule has 0 spiro atoms. The summed E-state index contributed by atoms with van der Waals surface area (Å²) in [5, 5.41) is 0. The van der Waals surface area contributed by atoms with Crippen LogP contribution in [0.5, 0.6) is 0 Å². The number of hydrogen-bond donors (Lipinski definition) is 1. The Hall–Kier alpha value is -1.10. The highest BCUT2D eigenvalue weighted by atomic mass is 16.5. The second-order valence-corrected chi connectivity index (χ2v) is 4.60. The molecule has 0 radical (unpaired) electrons. The highest BCUT2D eigenvalue weighted by Gasteiger charge is 2.28. The summed E-state index contributed by atoms with van der Waals surface area (Å²) in [6.45, 7) is 2.62. The first-order valence-electron chi connectivity index (χ1n) is 6.23. The van der Waals surface area contributed by atoms with Crippen molar-refractivity contribution in [2.75, 3.05) is 20.2 Å². The van der Waals surface area contributed by atoms with Crippen molar-refractivity contribution in [3.63, 3.8) is 0 Å². The molecular formula is C12H22N2O3. The van der Waals surface area contributed by atoms with Gasteiger partial charge in [0, 0.05) is 13.6 Å². The quantitative estimate of drug-likeness (QED) is 0.563. The Balaban J connectivity index is 2.41. The van der Waals surface area contributed by atoms with E-state index in [2.05, 4.69) is 0 Å². The molecule has 1 aliphatic rings. The van der Waals surface area contributed by atoms with Crippen LogP contribution in [0, 0.1) is 5.92 Å². The molecule has 0 aromatic rings. The maximum atomic E-state index is 11.8. The summed E-state index contributed by atoms with van der Waals surface area (Å²) < 4.78 is 4.73. The molecule has 1 saturated carbocycles. The molecule has 98 valence electrons. The van der Waals surface area contributed by atoms with Crippen LogP contribution in [0.3, 0.4) is 0 Å². The molecule has 0 aromatic carbocycles. The first kappa shape index (κ1) is 14.0. The monoisotopic (exact) mass is 242 g/mol. The Morgan fingerprint density at radius 2 is 2.00 bits per heavy atom. The van der Waals surface area contributed by atoms with Gasteiger partial charge in [-0.1, -0.05) is 12.8 Å². The summed E-state index contributed by atoms with van der Waals surface area (Å²) in [5.41, 5.74) is 5.56. The van der Waals surface area contributed by atoms with Crippen molar-refractivity contribution in [3.05, 3.63) is 0 Å². The van der Waals surface area contributed by atoms with Crippen LogP contribution in [0.1, 0.15) is 32.6 Å². The van der Waals surface area contributed by atoms with Crippen molar-refractivity contribution in [1.82, 2.24) is 4.90 Å². The summed E-state index contributed by atoms with van der Waals surface area (Å²) >= 11 is 0. The van der Waals surface area contributed by atoms with E-state index >= 15 is 0 Å². The SMILES string of the molecule is CCOC(=O)C(N)C(=O)N(C)CC1CCCC1. The molecule has 1 atom stereocenters. The summed E-state index contributed by atoms with van der Waals surface area (Å²) in [7, 11) is 1.69. The number of ether oxygens (including phenoxy) is 1. The highest BCUT2D eigenvalue weighted by molar-refractivity contribution is 6.01. The van der Waals surface area contributed by atoms with E-state index in [0.717, 1.165) is 12.8 Å². The van der Waals surface area contributed by atoms with E-state index in [1.54, 1.807) is 18.9 Å². The van der Waals surface area contributed by atoms with Crippen LogP contribution in [0.25, 0.3) is 0 Å². The standard InChI is InChI=1S/C12H22N2O3/c1-3-17-12(16)10(13)11(15)14(2)8-9-6-4-5-7-9/h9-10H,3-8,13H2,1-2H3. The van der Waals surface area contributed by atoms with E-state index in [1.807, 2.05) is 0 Å². The fraction of sp³-hybridized carbons (Fsp3) is 0.833. The van der Waals surface area contributed by atoms with Gasteiger partial charge in [0.1, 0.15) is 0 Å². The van der Waals surface area contributed by atoms with Gasteiger partial charge in [-0.2, -0.15) is 0 Å². The Kier molecular flexibility index (Phi) is 5.41. The maximum Gasteiger partial charge on any atom is 0.332 e. The van der Waals surface area contributed by atoms with Crippen molar-refractivity contribution >= 4 is 11.9 Å². The predicted octanol–water partition coefficient (Wildman–Crippen LogP) is 0.525. The summed E-state index contributed by atoms with van der Waals surface area (Å²) in [5.74, 6) is -0.440. The van der Waals surface area contributed by atoms with Crippen molar-refractivity contribution in [1.29, 1.82) is 0 Å². The average molecular weight is 242 g/mol. The molecule has 0 bridgehead atoms. The topological polar surface area (TPSA) is 72.6 Å². The molecule has 1 fully saturated rings. The van der Waals surface area contributed by atoms with Gasteiger partial charge in [-0.05, 0) is 25.7 Å². The van der Waals surface area contributed by atoms with E-state index in [1.165, 1.54) is 12.8 Å². The Morgan fingerprint density at radius 1 is 1.41 bits per heavy atom. The van der Waals surface area contributed by atoms with Gasteiger partial charge in [0.2, 0.25) is 0 Å². The first-order valence-corrected chi connectivity index (χ1v) is 6.23. The minimum Gasteiger partial charge on any atom is -0.464 e. The van der Waals surface area contributed by atoms with Crippen LogP contribution < -0.4 is 5.73 Å². The fourth-order valence-corrected chi connectivity index (χ4v) is 2.24. The second-order valence-electron chi connectivity index (χ2n) is 4.60. The lowest BCUT2D eigenvalue weighted by Gasteiger charge is -2.23. The van der Waals surface area contributed by atoms with Gasteiger partial charge in [0.25, 0.3) is 5.91 Å². The van der Waals surface area contributed by atoms with E-state index in [9.17, 15) is 9.59 Å². The summed E-state index contributed by atoms with van der Waals surface area (Å²) in [4.78, 5) is 24.7. The minimum atomic E-state index is -1.18. The third kappa shape index (κ3) is 4.00. The van der Waals surface area contributed by atoms with Crippen LogP contribution in [-0.4, -0.2) is 43.0 Å². The molecule has 0 aliphatic heterocycles. The molecule has 1 rings (SSSR count). The van der Waals surface area contributed by atoms with E-state index in [-0.39, 0.29) is 12.5 Å². The molecule has 0 heterocycles. The van der Waals surface area contributed by atoms with Gasteiger partial charge in [-0.15, -0.1) is 0 Å². The van der Waals surface area contributed by atoms with Gasteiger partial charge >= 0.3 is 5.97 Å². The third-order valence-corrected chi connectivity index (χ3v) is 3.19. The largest absolute Gasteiger partial charge is 0.464 e. The Morgan fingerprint density at radius 3 is 2.53 bits per heavy atom. The zero-order valence-electron chi connectivity index (χ0n) is 10.6. The van der Waals surface area contributed by atoms with E-state index in [0.29, 0.717) is 12.5 Å². The number of nitrogens with zero attached hydrogens (tertiary/aromatic N) is 1. The smallest absolute Gasteiger partial charge is 0.332 e. The number of carbonyl (C=O) groups excluding carboxylic acids is 2. The molecule has 1 aliphatic carbocycles. The molecule has 5 heteroatoms. The lowest BCUT2D eigenvalue weighted by molar-refractivity contribution is -0.150. The van der Waals surface area contributed by atoms with Crippen molar-refractivity contribution in [2.45, 2.75) is 38.6 Å². The van der Waals surface area contributed by atoms with E-state index < -0.39 is 12.0 Å². The molecular weight excluding hydrogens is 220 g/mol. The van der Waals surface area contributed by atoms with Crippen LogP contribution in [-0.2, 0) is 14.3 Å². The fourth-order valence-electron chi connectivity index (χ4n) is 2.24. The summed E-state index contributed by atoms with van der Waals surface area (Å²) in [6, 6.07) is -1.18. The van der Waals surface area contributed by atoms with Crippen molar-refractivity contribution < 1.29 is 14.3 Å². The predicted molar refractivity (Wildman–Crippen MR) is 64.2 cm³/mol. The summed E-state index contributed by atoms with van der Waals surface area (Å²) in [6.07, 6.45) is 4.78. The minimum absolute atomic E-state index is 0.242. The van der Waals surface area contributed by atoms with Gasteiger partial charge in [-0.25, -0.2) is 4.79 Å². The van der Waals surface area contributed by atoms with Crippen LogP contribution in [0.4, 0.5) is 0 Å². The molecule has 1 unspecified atom stereocenters. The van der Waals surface area contributed by atoms with Crippen LogP contribution in [0.15, 0.2) is 0 Å². The molecule has 0 aromatic heterocycles. The Bertz CT molecular complexity index is 275. The number of hydrogen-bond acceptors (Lipinski definition) is 4. The number of rotatable bonds is 5. The van der Waals surface area contributed by atoms with Gasteiger partial charge < -0.3 is 15.4 Å².